The molecule has 1 N–H and O–H groups in total. The largest absolute Gasteiger partial charge is 0.483 e. The van der Waals surface area contributed by atoms with Crippen LogP contribution in [0, 0.1) is 13.8 Å². The van der Waals surface area contributed by atoms with Crippen LogP contribution in [0.4, 0.5) is 11.4 Å². The zero-order valence-electron chi connectivity index (χ0n) is 19.1. The number of nitrogens with one attached hydrogen (secondary N) is 1. The molecule has 0 radical (unpaired) electrons. The summed E-state index contributed by atoms with van der Waals surface area (Å²) in [6.45, 7) is 6.14. The Hall–Kier alpha value is -3.80. The van der Waals surface area contributed by atoms with Crippen LogP contribution in [0.1, 0.15) is 23.6 Å². The molecule has 2 amide bonds. The van der Waals surface area contributed by atoms with Gasteiger partial charge in [-0.25, -0.2) is 0 Å². The van der Waals surface area contributed by atoms with Crippen molar-refractivity contribution in [3.63, 3.8) is 0 Å². The summed E-state index contributed by atoms with van der Waals surface area (Å²) >= 11 is 0. The number of carbonyl (C=O) groups excluding carboxylic acids is 2. The zero-order valence-corrected chi connectivity index (χ0v) is 19.1. The van der Waals surface area contributed by atoms with Crippen molar-refractivity contribution in [3.05, 3.63) is 83.4 Å². The number of anilines is 2. The summed E-state index contributed by atoms with van der Waals surface area (Å²) in [6.07, 6.45) is 0.165. The number of benzene rings is 3. The van der Waals surface area contributed by atoms with Crippen molar-refractivity contribution in [3.8, 4) is 11.5 Å². The van der Waals surface area contributed by atoms with Crippen molar-refractivity contribution < 1.29 is 19.1 Å². The monoisotopic (exact) mass is 444 g/mol. The highest BCUT2D eigenvalue weighted by Gasteiger charge is 2.31. The summed E-state index contributed by atoms with van der Waals surface area (Å²) in [5.74, 6) is 0.943. The summed E-state index contributed by atoms with van der Waals surface area (Å²) in [6, 6.07) is 21.1. The lowest BCUT2D eigenvalue weighted by atomic mass is 10.1. The highest BCUT2D eigenvalue weighted by Crippen LogP contribution is 2.36. The molecule has 0 fully saturated rings. The Morgan fingerprint density at radius 3 is 2.64 bits per heavy atom. The third-order valence-corrected chi connectivity index (χ3v) is 5.83. The van der Waals surface area contributed by atoms with Crippen molar-refractivity contribution in [2.24, 2.45) is 0 Å². The molecule has 3 aromatic carbocycles. The fourth-order valence-corrected chi connectivity index (χ4v) is 3.82. The lowest BCUT2D eigenvalue weighted by Crippen LogP contribution is -2.45. The molecular formula is C27H28N2O4. The van der Waals surface area contributed by atoms with Crippen LogP contribution in [0.5, 0.6) is 11.5 Å². The lowest BCUT2D eigenvalue weighted by Gasteiger charge is -2.33. The van der Waals surface area contributed by atoms with E-state index in [2.05, 4.69) is 5.32 Å². The van der Waals surface area contributed by atoms with Crippen LogP contribution >= 0.6 is 0 Å². The molecule has 6 heteroatoms. The van der Waals surface area contributed by atoms with E-state index in [1.807, 2.05) is 62.4 Å². The van der Waals surface area contributed by atoms with E-state index >= 15 is 0 Å². The number of rotatable bonds is 7. The first-order valence-electron chi connectivity index (χ1n) is 11.1. The third-order valence-electron chi connectivity index (χ3n) is 5.83. The van der Waals surface area contributed by atoms with E-state index in [9.17, 15) is 9.59 Å². The number of fused-ring (bicyclic) bond motifs is 1. The number of carbonyl (C=O) groups is 2. The fourth-order valence-electron chi connectivity index (χ4n) is 3.82. The Morgan fingerprint density at radius 2 is 1.85 bits per heavy atom. The molecule has 170 valence electrons. The maximum atomic E-state index is 12.9. The number of hydrogen-bond acceptors (Lipinski definition) is 4. The molecule has 3 aromatic rings. The Morgan fingerprint density at radius 1 is 1.06 bits per heavy atom. The van der Waals surface area contributed by atoms with Crippen LogP contribution in [0.2, 0.25) is 0 Å². The molecule has 1 aliphatic rings. The highest BCUT2D eigenvalue weighted by atomic mass is 16.5. The molecule has 6 nitrogen and oxygen atoms in total. The molecule has 1 aliphatic heterocycles. The average Bonchev–Trinajstić information content (AvgIpc) is 2.81. The number of hydrogen-bond donors (Lipinski definition) is 1. The van der Waals surface area contributed by atoms with Crippen LogP contribution < -0.4 is 19.7 Å². The van der Waals surface area contributed by atoms with Gasteiger partial charge in [0, 0.05) is 12.2 Å². The molecule has 0 aromatic heterocycles. The Bertz CT molecular complexity index is 1160. The number of ether oxygens (including phenoxy) is 2. The summed E-state index contributed by atoms with van der Waals surface area (Å²) < 4.78 is 11.5. The van der Waals surface area contributed by atoms with Gasteiger partial charge in [-0.05, 0) is 68.1 Å². The summed E-state index contributed by atoms with van der Waals surface area (Å²) in [5, 5.41) is 2.86. The molecule has 0 bridgehead atoms. The van der Waals surface area contributed by atoms with Crippen LogP contribution in [-0.2, 0) is 16.0 Å². The van der Waals surface area contributed by atoms with Gasteiger partial charge in [-0.1, -0.05) is 42.5 Å². The minimum atomic E-state index is -0.556. The minimum absolute atomic E-state index is 0.0971. The van der Waals surface area contributed by atoms with Crippen molar-refractivity contribution in [2.45, 2.75) is 33.3 Å². The van der Waals surface area contributed by atoms with Gasteiger partial charge in [0.2, 0.25) is 0 Å². The van der Waals surface area contributed by atoms with Gasteiger partial charge in [0.05, 0.1) is 5.69 Å². The van der Waals surface area contributed by atoms with Crippen LogP contribution in [0.3, 0.4) is 0 Å². The quantitative estimate of drug-likeness (QED) is 0.575. The standard InChI is InChI=1S/C27H28N2O4/c1-18-8-7-11-24(19(18)2)32-17-26(30)28-22-12-13-25-23(16-22)29(27(31)20(3)33-25)15-14-21-9-5-4-6-10-21/h4-13,16,20H,14-15,17H2,1-3H3,(H,28,30). The predicted molar refractivity (Wildman–Crippen MR) is 129 cm³/mol. The van der Waals surface area contributed by atoms with E-state index in [-0.39, 0.29) is 18.4 Å². The minimum Gasteiger partial charge on any atom is -0.483 e. The molecule has 0 saturated carbocycles. The van der Waals surface area contributed by atoms with E-state index < -0.39 is 6.10 Å². The first kappa shape index (κ1) is 22.4. The average molecular weight is 445 g/mol. The van der Waals surface area contributed by atoms with Gasteiger partial charge in [-0.2, -0.15) is 0 Å². The molecule has 4 rings (SSSR count). The smallest absolute Gasteiger partial charge is 0.267 e. The van der Waals surface area contributed by atoms with Gasteiger partial charge in [-0.3, -0.25) is 9.59 Å². The van der Waals surface area contributed by atoms with Gasteiger partial charge >= 0.3 is 0 Å². The summed E-state index contributed by atoms with van der Waals surface area (Å²) in [7, 11) is 0. The van der Waals surface area contributed by atoms with Gasteiger partial charge in [0.25, 0.3) is 11.8 Å². The third kappa shape index (κ3) is 5.17. The van der Waals surface area contributed by atoms with E-state index in [0.29, 0.717) is 29.4 Å². The van der Waals surface area contributed by atoms with Crippen molar-refractivity contribution in [2.75, 3.05) is 23.4 Å². The highest BCUT2D eigenvalue weighted by molar-refractivity contribution is 6.01. The first-order chi connectivity index (χ1) is 15.9. The molecule has 1 unspecified atom stereocenters. The van der Waals surface area contributed by atoms with Gasteiger partial charge < -0.3 is 19.7 Å². The van der Waals surface area contributed by atoms with Gasteiger partial charge in [0.15, 0.2) is 12.7 Å². The molecule has 1 atom stereocenters. The second kappa shape index (κ2) is 9.77. The van der Waals surface area contributed by atoms with E-state index in [1.165, 1.54) is 0 Å². The van der Waals surface area contributed by atoms with Crippen LogP contribution in [0.15, 0.2) is 66.7 Å². The van der Waals surface area contributed by atoms with Gasteiger partial charge in [-0.15, -0.1) is 0 Å². The molecule has 33 heavy (non-hydrogen) atoms. The van der Waals surface area contributed by atoms with Crippen molar-refractivity contribution in [1.29, 1.82) is 0 Å². The van der Waals surface area contributed by atoms with E-state index in [4.69, 9.17) is 9.47 Å². The number of aryl methyl sites for hydroxylation is 1. The Labute approximate surface area is 194 Å². The normalized spacial score (nSPS) is 14.9. The van der Waals surface area contributed by atoms with Crippen LogP contribution in [0.25, 0.3) is 0 Å². The van der Waals surface area contributed by atoms with Crippen molar-refractivity contribution >= 4 is 23.2 Å². The summed E-state index contributed by atoms with van der Waals surface area (Å²) in [4.78, 5) is 27.1. The number of nitrogens with zero attached hydrogens (tertiary/aromatic N) is 1. The number of amides is 2. The SMILES string of the molecule is Cc1cccc(OCC(=O)Nc2ccc3c(c2)N(CCc2ccccc2)C(=O)C(C)O3)c1C. The van der Waals surface area contributed by atoms with Crippen molar-refractivity contribution in [1.82, 2.24) is 0 Å². The van der Waals surface area contributed by atoms with Gasteiger partial charge in [0.1, 0.15) is 11.5 Å². The Kier molecular flexibility index (Phi) is 6.63. The van der Waals surface area contributed by atoms with E-state index in [1.54, 1.807) is 30.0 Å². The molecule has 0 saturated heterocycles. The maximum absolute atomic E-state index is 12.9. The topological polar surface area (TPSA) is 67.9 Å². The van der Waals surface area contributed by atoms with E-state index in [0.717, 1.165) is 23.1 Å². The lowest BCUT2D eigenvalue weighted by molar-refractivity contribution is -0.125. The van der Waals surface area contributed by atoms with Crippen LogP contribution in [-0.4, -0.2) is 31.1 Å². The fraction of sp³-hybridized carbons (Fsp3) is 0.259. The second-order valence-corrected chi connectivity index (χ2v) is 8.20. The summed E-state index contributed by atoms with van der Waals surface area (Å²) in [5.41, 5.74) is 4.51. The maximum Gasteiger partial charge on any atom is 0.267 e. The Balaban J connectivity index is 1.46. The molecule has 0 spiro atoms. The molecule has 1 heterocycles. The zero-order chi connectivity index (χ0) is 23.4. The molecule has 0 aliphatic carbocycles. The molecular weight excluding hydrogens is 416 g/mol. The second-order valence-electron chi connectivity index (χ2n) is 8.20. The first-order valence-corrected chi connectivity index (χ1v) is 11.1. The predicted octanol–water partition coefficient (Wildman–Crippen LogP) is 4.68.